The van der Waals surface area contributed by atoms with Crippen molar-refractivity contribution < 1.29 is 8.42 Å². The van der Waals surface area contributed by atoms with Crippen molar-refractivity contribution in [3.8, 4) is 0 Å². The van der Waals surface area contributed by atoms with Gasteiger partial charge in [0.15, 0.2) is 0 Å². The van der Waals surface area contributed by atoms with Gasteiger partial charge in [0.2, 0.25) is 10.0 Å². The highest BCUT2D eigenvalue weighted by Gasteiger charge is 2.43. The maximum absolute atomic E-state index is 13.1. The van der Waals surface area contributed by atoms with Crippen LogP contribution >= 0.6 is 22.9 Å². The lowest BCUT2D eigenvalue weighted by Crippen LogP contribution is -2.57. The van der Waals surface area contributed by atoms with Crippen LogP contribution in [0.25, 0.3) is 0 Å². The molecule has 4 rings (SSSR count). The fraction of sp³-hybridized carbons (Fsp3) is 0.444. The van der Waals surface area contributed by atoms with Gasteiger partial charge in [-0.05, 0) is 30.7 Å². The lowest BCUT2D eigenvalue weighted by molar-refractivity contribution is 0.141. The molecular weight excluding hydrogens is 390 g/mol. The van der Waals surface area contributed by atoms with Gasteiger partial charge in [0, 0.05) is 49.7 Å². The van der Waals surface area contributed by atoms with Crippen LogP contribution in [-0.2, 0) is 16.6 Å². The Balaban J connectivity index is 1.44. The topological polar surface area (TPSA) is 52.7 Å². The van der Waals surface area contributed by atoms with Crippen molar-refractivity contribution in [3.63, 3.8) is 0 Å². The summed E-state index contributed by atoms with van der Waals surface area (Å²) < 4.78 is 28.7. The molecule has 1 aromatic carbocycles. The van der Waals surface area contributed by atoms with E-state index in [1.807, 2.05) is 18.2 Å². The van der Waals surface area contributed by atoms with Crippen LogP contribution in [0.5, 0.6) is 0 Å². The second-order valence-electron chi connectivity index (χ2n) is 6.82. The van der Waals surface area contributed by atoms with Crippen molar-refractivity contribution in [2.45, 2.75) is 29.9 Å². The Morgan fingerprint density at radius 2 is 1.96 bits per heavy atom. The number of fused-ring (bicyclic) bond motifs is 2. The summed E-state index contributed by atoms with van der Waals surface area (Å²) in [5.41, 5.74) is 0. The number of rotatable bonds is 6. The molecule has 2 saturated heterocycles. The molecule has 8 heteroatoms. The molecule has 0 radical (unpaired) electrons. The second kappa shape index (κ2) is 7.58. The molecule has 2 fully saturated rings. The molecule has 1 N–H and O–H groups in total. The molecular formula is C18H22ClN3O2S2. The molecule has 2 aromatic rings. The molecule has 1 unspecified atom stereocenters. The van der Waals surface area contributed by atoms with Crippen LogP contribution in [0.1, 0.15) is 11.3 Å². The van der Waals surface area contributed by atoms with Crippen LogP contribution in [0.2, 0.25) is 4.34 Å². The number of piperazine rings is 1. The zero-order chi connectivity index (χ0) is 18.1. The molecule has 140 valence electrons. The Labute approximate surface area is 163 Å². The standard InChI is InChI=1S/C18H22ClN3O2S2/c19-18-7-6-16(25-18)11-20-10-15-13-22(14-8-9-21(15)12-14)26(23,24)17-4-2-1-3-5-17/h1-7,14-15,20H,8-13H2/t14-,15-/m0/s1. The summed E-state index contributed by atoms with van der Waals surface area (Å²) in [6, 6.07) is 13.0. The van der Waals surface area contributed by atoms with Crippen molar-refractivity contribution in [1.29, 1.82) is 0 Å². The quantitative estimate of drug-likeness (QED) is 0.793. The zero-order valence-electron chi connectivity index (χ0n) is 14.3. The Morgan fingerprint density at radius 3 is 2.69 bits per heavy atom. The van der Waals surface area contributed by atoms with Gasteiger partial charge >= 0.3 is 0 Å². The fourth-order valence-electron chi connectivity index (χ4n) is 3.83. The molecule has 1 aromatic heterocycles. The van der Waals surface area contributed by atoms with Crippen LogP contribution in [0.15, 0.2) is 47.4 Å². The van der Waals surface area contributed by atoms with E-state index in [2.05, 4.69) is 10.2 Å². The average molecular weight is 412 g/mol. The SMILES string of the molecule is O=S(=O)(c1ccccc1)N1C[C@H](CNCc2ccc(Cl)s2)N2CC[C@H]1C2. The van der Waals surface area contributed by atoms with Gasteiger partial charge < -0.3 is 5.32 Å². The number of thiophene rings is 1. The minimum Gasteiger partial charge on any atom is -0.310 e. The first-order valence-corrected chi connectivity index (χ1v) is 11.4. The zero-order valence-corrected chi connectivity index (χ0v) is 16.7. The predicted octanol–water partition coefficient (Wildman–Crippen LogP) is 2.64. The van der Waals surface area contributed by atoms with Gasteiger partial charge in [-0.1, -0.05) is 29.8 Å². The van der Waals surface area contributed by atoms with E-state index in [0.717, 1.165) is 36.9 Å². The second-order valence-corrected chi connectivity index (χ2v) is 10.5. The van der Waals surface area contributed by atoms with Crippen LogP contribution < -0.4 is 5.32 Å². The predicted molar refractivity (Wildman–Crippen MR) is 105 cm³/mol. The molecule has 3 atom stereocenters. The van der Waals surface area contributed by atoms with Crippen LogP contribution in [0.3, 0.4) is 0 Å². The van der Waals surface area contributed by atoms with Gasteiger partial charge in [-0.2, -0.15) is 4.31 Å². The summed E-state index contributed by atoms with van der Waals surface area (Å²) >= 11 is 7.55. The third-order valence-corrected chi connectivity index (χ3v) is 8.33. The maximum Gasteiger partial charge on any atom is 0.243 e. The summed E-state index contributed by atoms with van der Waals surface area (Å²) in [5, 5.41) is 3.47. The number of nitrogens with one attached hydrogen (secondary N) is 1. The van der Waals surface area contributed by atoms with Crippen LogP contribution in [0.4, 0.5) is 0 Å². The van der Waals surface area contributed by atoms with Crippen LogP contribution in [-0.4, -0.2) is 55.9 Å². The van der Waals surface area contributed by atoms with Gasteiger partial charge in [0.1, 0.15) is 0 Å². The Kier molecular flexibility index (Phi) is 5.36. The number of halogens is 1. The number of sulfonamides is 1. The monoisotopic (exact) mass is 411 g/mol. The summed E-state index contributed by atoms with van der Waals surface area (Å²) in [4.78, 5) is 4.00. The van der Waals surface area contributed by atoms with E-state index in [0.29, 0.717) is 11.4 Å². The number of hydrogen-bond donors (Lipinski definition) is 1. The largest absolute Gasteiger partial charge is 0.310 e. The molecule has 5 nitrogen and oxygen atoms in total. The van der Waals surface area contributed by atoms with Crippen molar-refractivity contribution in [1.82, 2.24) is 14.5 Å². The maximum atomic E-state index is 13.1. The smallest absolute Gasteiger partial charge is 0.243 e. The fourth-order valence-corrected chi connectivity index (χ4v) is 6.59. The Hall–Kier alpha value is -0.960. The lowest BCUT2D eigenvalue weighted by atomic mass is 10.2. The molecule has 0 aliphatic carbocycles. The minimum atomic E-state index is -3.44. The molecule has 2 aliphatic rings. The van der Waals surface area contributed by atoms with E-state index in [1.165, 1.54) is 4.88 Å². The van der Waals surface area contributed by atoms with Crippen molar-refractivity contribution in [2.24, 2.45) is 0 Å². The normalized spacial score (nSPS) is 26.3. The van der Waals surface area contributed by atoms with E-state index < -0.39 is 10.0 Å². The third-order valence-electron chi connectivity index (χ3n) is 5.17. The first kappa shape index (κ1) is 18.4. The van der Waals surface area contributed by atoms with E-state index >= 15 is 0 Å². The Morgan fingerprint density at radius 1 is 1.15 bits per heavy atom. The first-order chi connectivity index (χ1) is 12.5. The minimum absolute atomic E-state index is 0.0903. The number of benzene rings is 1. The summed E-state index contributed by atoms with van der Waals surface area (Å²) in [6.45, 7) is 3.85. The van der Waals surface area contributed by atoms with Crippen molar-refractivity contribution in [2.75, 3.05) is 26.2 Å². The van der Waals surface area contributed by atoms with E-state index in [-0.39, 0.29) is 12.1 Å². The van der Waals surface area contributed by atoms with Gasteiger partial charge in [0.25, 0.3) is 0 Å². The molecule has 0 spiro atoms. The van der Waals surface area contributed by atoms with Gasteiger partial charge in [-0.25, -0.2) is 8.42 Å². The highest BCUT2D eigenvalue weighted by atomic mass is 35.5. The molecule has 0 amide bonds. The van der Waals surface area contributed by atoms with E-state index in [4.69, 9.17) is 11.6 Å². The molecule has 0 saturated carbocycles. The first-order valence-electron chi connectivity index (χ1n) is 8.80. The van der Waals surface area contributed by atoms with Crippen molar-refractivity contribution >= 4 is 33.0 Å². The summed E-state index contributed by atoms with van der Waals surface area (Å²) in [7, 11) is -3.44. The van der Waals surface area contributed by atoms with E-state index in [9.17, 15) is 8.42 Å². The number of nitrogens with zero attached hydrogens (tertiary/aromatic N) is 2. The molecule has 3 heterocycles. The average Bonchev–Trinajstić information content (AvgIpc) is 3.24. The number of hydrogen-bond acceptors (Lipinski definition) is 5. The van der Waals surface area contributed by atoms with Crippen molar-refractivity contribution in [3.05, 3.63) is 51.7 Å². The van der Waals surface area contributed by atoms with Crippen LogP contribution in [0, 0.1) is 0 Å². The summed E-state index contributed by atoms with van der Waals surface area (Å²) in [5.74, 6) is 0. The summed E-state index contributed by atoms with van der Waals surface area (Å²) in [6.07, 6.45) is 0.906. The van der Waals surface area contributed by atoms with Gasteiger partial charge in [-0.3, -0.25) is 4.90 Å². The molecule has 26 heavy (non-hydrogen) atoms. The van der Waals surface area contributed by atoms with E-state index in [1.54, 1.807) is 39.9 Å². The Bertz CT molecular complexity index is 856. The molecule has 2 aliphatic heterocycles. The highest BCUT2D eigenvalue weighted by Crippen LogP contribution is 2.30. The molecule has 2 bridgehead atoms. The highest BCUT2D eigenvalue weighted by molar-refractivity contribution is 7.89. The van der Waals surface area contributed by atoms with Gasteiger partial charge in [0.05, 0.1) is 9.23 Å². The third kappa shape index (κ3) is 3.69. The van der Waals surface area contributed by atoms with Gasteiger partial charge in [-0.15, -0.1) is 11.3 Å². The lowest BCUT2D eigenvalue weighted by Gasteiger charge is -2.39.